The van der Waals surface area contributed by atoms with Crippen molar-refractivity contribution in [2.45, 2.75) is 26.2 Å². The molecular weight excluding hydrogens is 276 g/mol. The van der Waals surface area contributed by atoms with Gasteiger partial charge in [0.25, 0.3) is 0 Å². The zero-order valence-corrected chi connectivity index (χ0v) is 11.7. The molecule has 0 radical (unpaired) electrons. The molecule has 1 rings (SSSR count). The molecule has 0 heterocycles. The van der Waals surface area contributed by atoms with Gasteiger partial charge >= 0.3 is 17.9 Å². The summed E-state index contributed by atoms with van der Waals surface area (Å²) in [6.45, 7) is 1.96. The lowest BCUT2D eigenvalue weighted by Crippen LogP contribution is -2.17. The number of carbonyl (C=O) groups excluding carboxylic acids is 1. The van der Waals surface area contributed by atoms with E-state index < -0.39 is 17.9 Å². The van der Waals surface area contributed by atoms with Crippen LogP contribution in [0.15, 0.2) is 24.3 Å². The molecule has 0 bridgehead atoms. The lowest BCUT2D eigenvalue weighted by atomic mass is 10.0. The van der Waals surface area contributed by atoms with Gasteiger partial charge in [-0.15, -0.1) is 0 Å². The Morgan fingerprint density at radius 3 is 2.29 bits per heavy atom. The van der Waals surface area contributed by atoms with E-state index in [1.807, 2.05) is 6.92 Å². The van der Waals surface area contributed by atoms with Gasteiger partial charge in [-0.3, -0.25) is 4.79 Å². The number of benzene rings is 1. The maximum Gasteiger partial charge on any atom is 0.339 e. The Balaban J connectivity index is 2.64. The number of hydrogen-bond donors (Lipinski definition) is 2. The van der Waals surface area contributed by atoms with Crippen LogP contribution in [0.2, 0.25) is 0 Å². The SMILES string of the molecule is CCC(CCC(=O)O)COC(=O)c1ccccc1C(=O)O. The Morgan fingerprint density at radius 2 is 1.76 bits per heavy atom. The first-order valence-electron chi connectivity index (χ1n) is 6.67. The summed E-state index contributed by atoms with van der Waals surface area (Å²) in [5.74, 6) is -2.85. The highest BCUT2D eigenvalue weighted by molar-refractivity contribution is 6.02. The van der Waals surface area contributed by atoms with Crippen molar-refractivity contribution in [3.05, 3.63) is 35.4 Å². The summed E-state index contributed by atoms with van der Waals surface area (Å²) in [4.78, 5) is 33.5. The predicted octanol–water partition coefficient (Wildman–Crippen LogP) is 2.43. The van der Waals surface area contributed by atoms with Gasteiger partial charge in [-0.05, 0) is 24.5 Å². The Labute approximate surface area is 122 Å². The van der Waals surface area contributed by atoms with Crippen molar-refractivity contribution in [3.8, 4) is 0 Å². The zero-order valence-electron chi connectivity index (χ0n) is 11.7. The third-order valence-electron chi connectivity index (χ3n) is 3.17. The van der Waals surface area contributed by atoms with E-state index in [0.29, 0.717) is 12.8 Å². The molecule has 1 atom stereocenters. The van der Waals surface area contributed by atoms with E-state index in [0.717, 1.165) is 0 Å². The van der Waals surface area contributed by atoms with Crippen LogP contribution in [0.1, 0.15) is 46.9 Å². The van der Waals surface area contributed by atoms with E-state index in [1.165, 1.54) is 18.2 Å². The molecule has 0 spiro atoms. The van der Waals surface area contributed by atoms with Gasteiger partial charge < -0.3 is 14.9 Å². The van der Waals surface area contributed by atoms with Crippen LogP contribution in [0.4, 0.5) is 0 Å². The maximum atomic E-state index is 11.9. The van der Waals surface area contributed by atoms with E-state index >= 15 is 0 Å². The average molecular weight is 294 g/mol. The molecule has 0 aromatic heterocycles. The van der Waals surface area contributed by atoms with E-state index in [1.54, 1.807) is 6.07 Å². The molecule has 0 fully saturated rings. The first-order valence-corrected chi connectivity index (χ1v) is 6.67. The summed E-state index contributed by atoms with van der Waals surface area (Å²) in [6, 6.07) is 5.82. The number of rotatable bonds is 8. The fourth-order valence-corrected chi connectivity index (χ4v) is 1.85. The summed E-state index contributed by atoms with van der Waals surface area (Å²) in [6.07, 6.45) is 1.11. The molecule has 6 heteroatoms. The van der Waals surface area contributed by atoms with Crippen molar-refractivity contribution >= 4 is 17.9 Å². The van der Waals surface area contributed by atoms with Crippen molar-refractivity contribution in [1.29, 1.82) is 0 Å². The molecule has 0 aliphatic rings. The van der Waals surface area contributed by atoms with Crippen LogP contribution in [-0.4, -0.2) is 34.7 Å². The Morgan fingerprint density at radius 1 is 1.14 bits per heavy atom. The number of aromatic carboxylic acids is 1. The van der Waals surface area contributed by atoms with Crippen LogP contribution in [0.25, 0.3) is 0 Å². The highest BCUT2D eigenvalue weighted by atomic mass is 16.5. The molecule has 0 amide bonds. The van der Waals surface area contributed by atoms with Crippen LogP contribution in [0.5, 0.6) is 0 Å². The van der Waals surface area contributed by atoms with Crippen LogP contribution in [0, 0.1) is 5.92 Å². The minimum atomic E-state index is -1.19. The fourth-order valence-electron chi connectivity index (χ4n) is 1.85. The van der Waals surface area contributed by atoms with Gasteiger partial charge in [-0.2, -0.15) is 0 Å². The minimum Gasteiger partial charge on any atom is -0.481 e. The number of carbonyl (C=O) groups is 3. The number of aliphatic carboxylic acids is 1. The number of carboxylic acids is 2. The molecule has 2 N–H and O–H groups in total. The first-order chi connectivity index (χ1) is 9.95. The number of ether oxygens (including phenoxy) is 1. The van der Waals surface area contributed by atoms with Crippen molar-refractivity contribution in [2.24, 2.45) is 5.92 Å². The summed E-state index contributed by atoms with van der Waals surface area (Å²) in [5.41, 5.74) is -0.112. The van der Waals surface area contributed by atoms with Gasteiger partial charge in [0.1, 0.15) is 0 Å². The third-order valence-corrected chi connectivity index (χ3v) is 3.17. The molecule has 114 valence electrons. The molecule has 0 saturated carbocycles. The minimum absolute atomic E-state index is 0.00177. The Kier molecular flexibility index (Phi) is 6.39. The Hall–Kier alpha value is -2.37. The molecule has 0 saturated heterocycles. The molecular formula is C15H18O6. The van der Waals surface area contributed by atoms with Crippen molar-refractivity contribution in [2.75, 3.05) is 6.61 Å². The highest BCUT2D eigenvalue weighted by Crippen LogP contribution is 2.15. The maximum absolute atomic E-state index is 11.9. The normalized spacial score (nSPS) is 11.7. The van der Waals surface area contributed by atoms with E-state index in [9.17, 15) is 14.4 Å². The smallest absolute Gasteiger partial charge is 0.339 e. The van der Waals surface area contributed by atoms with Gasteiger partial charge in [-0.25, -0.2) is 9.59 Å². The molecule has 0 aliphatic carbocycles. The summed E-state index contributed by atoms with van der Waals surface area (Å²) in [5, 5.41) is 17.6. The van der Waals surface area contributed by atoms with Crippen LogP contribution in [-0.2, 0) is 9.53 Å². The third kappa shape index (κ3) is 5.25. The van der Waals surface area contributed by atoms with Crippen molar-refractivity contribution in [1.82, 2.24) is 0 Å². The number of hydrogen-bond acceptors (Lipinski definition) is 4. The van der Waals surface area contributed by atoms with E-state index in [-0.39, 0.29) is 30.1 Å². The van der Waals surface area contributed by atoms with Gasteiger partial charge in [-0.1, -0.05) is 25.5 Å². The van der Waals surface area contributed by atoms with E-state index in [2.05, 4.69) is 0 Å². The molecule has 1 unspecified atom stereocenters. The average Bonchev–Trinajstić information content (AvgIpc) is 2.46. The van der Waals surface area contributed by atoms with Gasteiger partial charge in [0.15, 0.2) is 0 Å². The van der Waals surface area contributed by atoms with Gasteiger partial charge in [0.05, 0.1) is 17.7 Å². The van der Waals surface area contributed by atoms with Crippen LogP contribution in [0.3, 0.4) is 0 Å². The van der Waals surface area contributed by atoms with Crippen molar-refractivity contribution < 1.29 is 29.3 Å². The van der Waals surface area contributed by atoms with Crippen LogP contribution < -0.4 is 0 Å². The highest BCUT2D eigenvalue weighted by Gasteiger charge is 2.18. The largest absolute Gasteiger partial charge is 0.481 e. The second-order valence-corrected chi connectivity index (χ2v) is 4.66. The lowest BCUT2D eigenvalue weighted by Gasteiger charge is -2.14. The number of esters is 1. The Bertz CT molecular complexity index is 523. The zero-order chi connectivity index (χ0) is 15.8. The number of carboxylic acid groups (broad SMARTS) is 2. The molecule has 1 aromatic carbocycles. The topological polar surface area (TPSA) is 101 Å². The second-order valence-electron chi connectivity index (χ2n) is 4.66. The van der Waals surface area contributed by atoms with Crippen LogP contribution >= 0.6 is 0 Å². The first kappa shape index (κ1) is 16.7. The molecule has 6 nitrogen and oxygen atoms in total. The summed E-state index contributed by atoms with van der Waals surface area (Å²) >= 11 is 0. The van der Waals surface area contributed by atoms with Gasteiger partial charge in [0.2, 0.25) is 0 Å². The van der Waals surface area contributed by atoms with Crippen molar-refractivity contribution in [3.63, 3.8) is 0 Å². The standard InChI is InChI=1S/C15H18O6/c1-2-10(7-8-13(16)17)9-21-15(20)12-6-4-3-5-11(12)14(18)19/h3-6,10H,2,7-9H2,1H3,(H,16,17)(H,18,19). The molecule has 0 aliphatic heterocycles. The fraction of sp³-hybridized carbons (Fsp3) is 0.400. The predicted molar refractivity (Wildman–Crippen MR) is 74.3 cm³/mol. The second kappa shape index (κ2) is 8.04. The monoisotopic (exact) mass is 294 g/mol. The summed E-state index contributed by atoms with van der Waals surface area (Å²) < 4.78 is 5.11. The van der Waals surface area contributed by atoms with E-state index in [4.69, 9.17) is 14.9 Å². The quantitative estimate of drug-likeness (QED) is 0.714. The summed E-state index contributed by atoms with van der Waals surface area (Å²) in [7, 11) is 0. The van der Waals surface area contributed by atoms with Gasteiger partial charge in [0, 0.05) is 6.42 Å². The lowest BCUT2D eigenvalue weighted by molar-refractivity contribution is -0.137. The molecule has 1 aromatic rings. The molecule has 21 heavy (non-hydrogen) atoms.